The van der Waals surface area contributed by atoms with Crippen LogP contribution in [0, 0.1) is 12.7 Å². The molecule has 1 saturated heterocycles. The summed E-state index contributed by atoms with van der Waals surface area (Å²) < 4.78 is 13.1. The number of halogens is 1. The molecule has 0 aliphatic carbocycles. The molecule has 3 nitrogen and oxygen atoms in total. The number of piperidine rings is 1. The first-order valence-corrected chi connectivity index (χ1v) is 6.90. The molecular weight excluding hydrogens is 243 g/mol. The van der Waals surface area contributed by atoms with Gasteiger partial charge in [0.15, 0.2) is 0 Å². The van der Waals surface area contributed by atoms with E-state index in [9.17, 15) is 9.18 Å². The zero-order valence-electron chi connectivity index (χ0n) is 11.3. The molecular formula is C15H21FN2O. The second kappa shape index (κ2) is 6.66. The van der Waals surface area contributed by atoms with Crippen LogP contribution in [0.2, 0.25) is 0 Å². The quantitative estimate of drug-likeness (QED) is 0.876. The summed E-state index contributed by atoms with van der Waals surface area (Å²) in [6, 6.07) is 5.24. The van der Waals surface area contributed by atoms with E-state index in [1.165, 1.54) is 18.9 Å². The van der Waals surface area contributed by atoms with Gasteiger partial charge in [0.05, 0.1) is 0 Å². The summed E-state index contributed by atoms with van der Waals surface area (Å²) in [6.45, 7) is 3.20. The average molecular weight is 264 g/mol. The predicted molar refractivity (Wildman–Crippen MR) is 73.2 cm³/mol. The fourth-order valence-corrected chi connectivity index (χ4v) is 2.41. The van der Waals surface area contributed by atoms with Gasteiger partial charge in [-0.3, -0.25) is 4.79 Å². The number of aryl methyl sites for hydroxylation is 1. The summed E-state index contributed by atoms with van der Waals surface area (Å²) >= 11 is 0. The lowest BCUT2D eigenvalue weighted by Gasteiger charge is -2.22. The van der Waals surface area contributed by atoms with Gasteiger partial charge in [0.25, 0.3) is 0 Å². The Morgan fingerprint density at radius 1 is 1.47 bits per heavy atom. The van der Waals surface area contributed by atoms with E-state index in [0.29, 0.717) is 24.6 Å². The number of amides is 1. The maximum Gasteiger partial charge on any atom is 0.221 e. The molecule has 0 saturated carbocycles. The molecule has 0 spiro atoms. The van der Waals surface area contributed by atoms with Crippen molar-refractivity contribution in [2.75, 3.05) is 6.54 Å². The van der Waals surface area contributed by atoms with Gasteiger partial charge in [-0.25, -0.2) is 4.39 Å². The van der Waals surface area contributed by atoms with Crippen LogP contribution in [0.15, 0.2) is 18.2 Å². The van der Waals surface area contributed by atoms with Crippen LogP contribution in [-0.4, -0.2) is 18.5 Å². The number of carbonyl (C=O) groups excluding carboxylic acids is 1. The van der Waals surface area contributed by atoms with Crippen molar-refractivity contribution in [3.05, 3.63) is 35.1 Å². The summed E-state index contributed by atoms with van der Waals surface area (Å²) in [7, 11) is 0. The summed E-state index contributed by atoms with van der Waals surface area (Å²) in [5, 5.41) is 6.25. The van der Waals surface area contributed by atoms with Crippen molar-refractivity contribution >= 4 is 5.91 Å². The van der Waals surface area contributed by atoms with Gasteiger partial charge in [-0.05, 0) is 43.5 Å². The lowest BCUT2D eigenvalue weighted by atomic mass is 10.0. The summed E-state index contributed by atoms with van der Waals surface area (Å²) in [6.07, 6.45) is 4.00. The third kappa shape index (κ3) is 4.31. The number of benzene rings is 1. The smallest absolute Gasteiger partial charge is 0.221 e. The van der Waals surface area contributed by atoms with E-state index in [2.05, 4.69) is 10.6 Å². The van der Waals surface area contributed by atoms with Crippen molar-refractivity contribution < 1.29 is 9.18 Å². The first-order chi connectivity index (χ1) is 9.15. The van der Waals surface area contributed by atoms with E-state index < -0.39 is 0 Å². The highest BCUT2D eigenvalue weighted by atomic mass is 19.1. The maximum atomic E-state index is 13.1. The largest absolute Gasteiger partial charge is 0.352 e. The van der Waals surface area contributed by atoms with E-state index >= 15 is 0 Å². The van der Waals surface area contributed by atoms with Crippen molar-refractivity contribution in [3.8, 4) is 0 Å². The Balaban J connectivity index is 1.77. The number of carbonyl (C=O) groups is 1. The van der Waals surface area contributed by atoms with Crippen LogP contribution in [0.4, 0.5) is 4.39 Å². The van der Waals surface area contributed by atoms with Crippen LogP contribution in [0.3, 0.4) is 0 Å². The minimum Gasteiger partial charge on any atom is -0.352 e. The van der Waals surface area contributed by atoms with E-state index in [-0.39, 0.29) is 11.7 Å². The van der Waals surface area contributed by atoms with Crippen molar-refractivity contribution in [1.82, 2.24) is 10.6 Å². The molecule has 0 radical (unpaired) electrons. The first-order valence-electron chi connectivity index (χ1n) is 6.90. The molecule has 1 unspecified atom stereocenters. The minimum absolute atomic E-state index is 0.0568. The lowest BCUT2D eigenvalue weighted by Crippen LogP contribution is -2.38. The van der Waals surface area contributed by atoms with Gasteiger partial charge in [0, 0.05) is 19.0 Å². The second-order valence-electron chi connectivity index (χ2n) is 5.21. The van der Waals surface area contributed by atoms with Gasteiger partial charge in [0.2, 0.25) is 5.91 Å². The molecule has 1 aliphatic heterocycles. The Morgan fingerprint density at radius 2 is 2.32 bits per heavy atom. The van der Waals surface area contributed by atoms with Gasteiger partial charge in [-0.15, -0.1) is 0 Å². The Kier molecular flexibility index (Phi) is 4.91. The van der Waals surface area contributed by atoms with E-state index in [1.54, 1.807) is 19.1 Å². The molecule has 1 aromatic carbocycles. The molecule has 1 aromatic rings. The molecule has 19 heavy (non-hydrogen) atoms. The Hall–Kier alpha value is -1.42. The SMILES string of the molecule is Cc1cc(CNC(=O)CC2CCCCN2)ccc1F. The molecule has 1 amide bonds. The van der Waals surface area contributed by atoms with Crippen LogP contribution < -0.4 is 10.6 Å². The van der Waals surface area contributed by atoms with Crippen LogP contribution in [0.1, 0.15) is 36.8 Å². The number of hydrogen-bond donors (Lipinski definition) is 2. The lowest BCUT2D eigenvalue weighted by molar-refractivity contribution is -0.121. The maximum absolute atomic E-state index is 13.1. The van der Waals surface area contributed by atoms with E-state index in [4.69, 9.17) is 0 Å². The zero-order valence-corrected chi connectivity index (χ0v) is 11.3. The van der Waals surface area contributed by atoms with Crippen LogP contribution >= 0.6 is 0 Å². The molecule has 2 rings (SSSR count). The van der Waals surface area contributed by atoms with Crippen molar-refractivity contribution in [2.45, 2.75) is 45.2 Å². The minimum atomic E-state index is -0.207. The number of nitrogens with one attached hydrogen (secondary N) is 2. The van der Waals surface area contributed by atoms with Gasteiger partial charge < -0.3 is 10.6 Å². The normalized spacial score (nSPS) is 19.2. The summed E-state index contributed by atoms with van der Waals surface area (Å²) in [5.74, 6) is -0.150. The Morgan fingerprint density at radius 3 is 3.00 bits per heavy atom. The average Bonchev–Trinajstić information content (AvgIpc) is 2.41. The van der Waals surface area contributed by atoms with Crippen LogP contribution in [0.25, 0.3) is 0 Å². The topological polar surface area (TPSA) is 41.1 Å². The van der Waals surface area contributed by atoms with E-state index in [0.717, 1.165) is 18.5 Å². The fraction of sp³-hybridized carbons (Fsp3) is 0.533. The van der Waals surface area contributed by atoms with Gasteiger partial charge in [0.1, 0.15) is 5.82 Å². The van der Waals surface area contributed by atoms with E-state index in [1.807, 2.05) is 0 Å². The predicted octanol–water partition coefficient (Wildman–Crippen LogP) is 2.28. The Labute approximate surface area is 113 Å². The highest BCUT2D eigenvalue weighted by molar-refractivity contribution is 5.76. The molecule has 4 heteroatoms. The molecule has 1 fully saturated rings. The van der Waals surface area contributed by atoms with Crippen LogP contribution in [-0.2, 0) is 11.3 Å². The molecule has 0 aromatic heterocycles. The monoisotopic (exact) mass is 264 g/mol. The zero-order chi connectivity index (χ0) is 13.7. The standard InChI is InChI=1S/C15H21FN2O/c1-11-8-12(5-6-14(11)16)10-18-15(19)9-13-4-2-3-7-17-13/h5-6,8,13,17H,2-4,7,9-10H2,1H3,(H,18,19). The fourth-order valence-electron chi connectivity index (χ4n) is 2.41. The van der Waals surface area contributed by atoms with Gasteiger partial charge in [-0.2, -0.15) is 0 Å². The highest BCUT2D eigenvalue weighted by Crippen LogP contribution is 2.11. The summed E-state index contributed by atoms with van der Waals surface area (Å²) in [5.41, 5.74) is 1.55. The second-order valence-corrected chi connectivity index (χ2v) is 5.21. The molecule has 1 aliphatic rings. The van der Waals surface area contributed by atoms with Gasteiger partial charge in [-0.1, -0.05) is 18.6 Å². The summed E-state index contributed by atoms with van der Waals surface area (Å²) in [4.78, 5) is 11.8. The molecule has 2 N–H and O–H groups in total. The third-order valence-electron chi connectivity index (χ3n) is 3.56. The molecule has 0 bridgehead atoms. The van der Waals surface area contributed by atoms with Crippen molar-refractivity contribution in [3.63, 3.8) is 0 Å². The first kappa shape index (κ1) is 14.0. The van der Waals surface area contributed by atoms with Crippen LogP contribution in [0.5, 0.6) is 0 Å². The third-order valence-corrected chi connectivity index (χ3v) is 3.56. The molecule has 104 valence electrons. The highest BCUT2D eigenvalue weighted by Gasteiger charge is 2.15. The van der Waals surface area contributed by atoms with Gasteiger partial charge >= 0.3 is 0 Å². The van der Waals surface area contributed by atoms with Crippen molar-refractivity contribution in [1.29, 1.82) is 0 Å². The number of rotatable bonds is 4. The molecule has 1 heterocycles. The molecule has 1 atom stereocenters. The number of hydrogen-bond acceptors (Lipinski definition) is 2. The Bertz CT molecular complexity index is 442. The van der Waals surface area contributed by atoms with Crippen molar-refractivity contribution in [2.24, 2.45) is 0 Å².